The van der Waals surface area contributed by atoms with Crippen molar-refractivity contribution in [2.45, 2.75) is 65.0 Å². The van der Waals surface area contributed by atoms with Crippen molar-refractivity contribution < 1.29 is 0 Å². The van der Waals surface area contributed by atoms with Gasteiger partial charge in [-0.15, -0.1) is 0 Å². The maximum Gasteiger partial charge on any atom is 0.0769 e. The molecule has 0 aliphatic rings. The molecule has 3 nitrogen and oxygen atoms in total. The SMILES string of the molecule is CCCCCCCC(C)NCc1cccnn1. The van der Waals surface area contributed by atoms with Crippen LogP contribution in [0.25, 0.3) is 0 Å². The van der Waals surface area contributed by atoms with Crippen molar-refractivity contribution in [3.63, 3.8) is 0 Å². The fraction of sp³-hybridized carbons (Fsp3) is 0.714. The smallest absolute Gasteiger partial charge is 0.0769 e. The molecule has 1 N–H and O–H groups in total. The van der Waals surface area contributed by atoms with Gasteiger partial charge in [0.05, 0.1) is 5.69 Å². The van der Waals surface area contributed by atoms with Gasteiger partial charge in [0.1, 0.15) is 0 Å². The van der Waals surface area contributed by atoms with E-state index in [1.807, 2.05) is 12.1 Å². The minimum atomic E-state index is 0.568. The van der Waals surface area contributed by atoms with Crippen LogP contribution in [-0.2, 0) is 6.54 Å². The molecular weight excluding hydrogens is 210 g/mol. The maximum atomic E-state index is 4.06. The molecule has 17 heavy (non-hydrogen) atoms. The lowest BCUT2D eigenvalue weighted by molar-refractivity contribution is 0.476. The zero-order chi connectivity index (χ0) is 12.3. The van der Waals surface area contributed by atoms with E-state index in [2.05, 4.69) is 29.4 Å². The first-order valence-electron chi connectivity index (χ1n) is 6.83. The summed E-state index contributed by atoms with van der Waals surface area (Å²) in [6.45, 7) is 5.32. The van der Waals surface area contributed by atoms with E-state index in [4.69, 9.17) is 0 Å². The molecule has 0 fully saturated rings. The molecule has 1 atom stereocenters. The lowest BCUT2D eigenvalue weighted by Gasteiger charge is -2.12. The lowest BCUT2D eigenvalue weighted by Crippen LogP contribution is -2.25. The second kappa shape index (κ2) is 9.11. The number of nitrogens with one attached hydrogen (secondary N) is 1. The van der Waals surface area contributed by atoms with Crippen LogP contribution in [0.4, 0.5) is 0 Å². The van der Waals surface area contributed by atoms with Gasteiger partial charge in [0.2, 0.25) is 0 Å². The quantitative estimate of drug-likeness (QED) is 0.667. The Kier molecular flexibility index (Phi) is 7.56. The average molecular weight is 235 g/mol. The van der Waals surface area contributed by atoms with Crippen LogP contribution in [0.5, 0.6) is 0 Å². The lowest BCUT2D eigenvalue weighted by atomic mass is 10.1. The highest BCUT2D eigenvalue weighted by molar-refractivity contribution is 4.98. The molecule has 1 aromatic heterocycles. The summed E-state index contributed by atoms with van der Waals surface area (Å²) in [5.41, 5.74) is 1.02. The third-order valence-electron chi connectivity index (χ3n) is 3.00. The van der Waals surface area contributed by atoms with Crippen molar-refractivity contribution in [3.05, 3.63) is 24.0 Å². The largest absolute Gasteiger partial charge is 0.309 e. The predicted molar refractivity (Wildman–Crippen MR) is 71.7 cm³/mol. The molecule has 1 heterocycles. The second-order valence-corrected chi connectivity index (χ2v) is 4.70. The van der Waals surface area contributed by atoms with Gasteiger partial charge in [-0.1, -0.05) is 39.0 Å². The molecule has 0 aliphatic heterocycles. The molecule has 0 saturated carbocycles. The Hall–Kier alpha value is -0.960. The first-order chi connectivity index (χ1) is 8.33. The molecule has 1 unspecified atom stereocenters. The fourth-order valence-electron chi connectivity index (χ4n) is 1.86. The van der Waals surface area contributed by atoms with Crippen LogP contribution >= 0.6 is 0 Å². The molecule has 0 bridgehead atoms. The van der Waals surface area contributed by atoms with Gasteiger partial charge in [0, 0.05) is 18.8 Å². The van der Waals surface area contributed by atoms with E-state index in [9.17, 15) is 0 Å². The van der Waals surface area contributed by atoms with Gasteiger partial charge >= 0.3 is 0 Å². The number of hydrogen-bond acceptors (Lipinski definition) is 3. The van der Waals surface area contributed by atoms with Crippen molar-refractivity contribution in [1.29, 1.82) is 0 Å². The number of aromatic nitrogens is 2. The molecule has 0 amide bonds. The summed E-state index contributed by atoms with van der Waals surface area (Å²) in [6, 6.07) is 4.51. The van der Waals surface area contributed by atoms with E-state index in [1.54, 1.807) is 6.20 Å². The van der Waals surface area contributed by atoms with Crippen LogP contribution in [0.3, 0.4) is 0 Å². The Morgan fingerprint density at radius 3 is 2.76 bits per heavy atom. The molecule has 1 aromatic rings. The Morgan fingerprint density at radius 2 is 2.06 bits per heavy atom. The van der Waals surface area contributed by atoms with E-state index in [1.165, 1.54) is 38.5 Å². The second-order valence-electron chi connectivity index (χ2n) is 4.70. The Labute approximate surface area is 105 Å². The standard InChI is InChI=1S/C14H25N3/c1-3-4-5-6-7-9-13(2)15-12-14-10-8-11-16-17-14/h8,10-11,13,15H,3-7,9,12H2,1-2H3. The van der Waals surface area contributed by atoms with E-state index in [-0.39, 0.29) is 0 Å². The predicted octanol–water partition coefficient (Wildman–Crippen LogP) is 3.32. The summed E-state index contributed by atoms with van der Waals surface area (Å²) in [4.78, 5) is 0. The minimum Gasteiger partial charge on any atom is -0.309 e. The monoisotopic (exact) mass is 235 g/mol. The van der Waals surface area contributed by atoms with Crippen LogP contribution in [0.2, 0.25) is 0 Å². The summed E-state index contributed by atoms with van der Waals surface area (Å²) in [5, 5.41) is 11.4. The maximum absolute atomic E-state index is 4.06. The highest BCUT2D eigenvalue weighted by atomic mass is 15.1. The molecule has 3 heteroatoms. The van der Waals surface area contributed by atoms with E-state index in [0.29, 0.717) is 6.04 Å². The Balaban J connectivity index is 2.03. The minimum absolute atomic E-state index is 0.568. The molecule has 0 aromatic carbocycles. The zero-order valence-electron chi connectivity index (χ0n) is 11.2. The van der Waals surface area contributed by atoms with E-state index in [0.717, 1.165) is 12.2 Å². The van der Waals surface area contributed by atoms with Crippen molar-refractivity contribution >= 4 is 0 Å². The van der Waals surface area contributed by atoms with Gasteiger partial charge in [-0.3, -0.25) is 0 Å². The van der Waals surface area contributed by atoms with Crippen LogP contribution < -0.4 is 5.32 Å². The van der Waals surface area contributed by atoms with Crippen LogP contribution in [0, 0.1) is 0 Å². The van der Waals surface area contributed by atoms with Gasteiger partial charge < -0.3 is 5.32 Å². The number of unbranched alkanes of at least 4 members (excludes halogenated alkanes) is 4. The summed E-state index contributed by atoms with van der Waals surface area (Å²) in [5.74, 6) is 0. The summed E-state index contributed by atoms with van der Waals surface area (Å²) < 4.78 is 0. The van der Waals surface area contributed by atoms with Crippen LogP contribution in [0.15, 0.2) is 18.3 Å². The molecule has 0 saturated heterocycles. The van der Waals surface area contributed by atoms with Crippen molar-refractivity contribution in [2.24, 2.45) is 0 Å². The summed E-state index contributed by atoms with van der Waals surface area (Å²) in [7, 11) is 0. The van der Waals surface area contributed by atoms with Crippen molar-refractivity contribution in [2.75, 3.05) is 0 Å². The zero-order valence-corrected chi connectivity index (χ0v) is 11.2. The number of rotatable bonds is 9. The molecule has 0 aliphatic carbocycles. The molecule has 96 valence electrons. The number of nitrogens with zero attached hydrogens (tertiary/aromatic N) is 2. The average Bonchev–Trinajstić information content (AvgIpc) is 2.37. The molecular formula is C14H25N3. The molecule has 0 radical (unpaired) electrons. The highest BCUT2D eigenvalue weighted by Crippen LogP contribution is 2.07. The van der Waals surface area contributed by atoms with Gasteiger partial charge in [-0.05, 0) is 25.5 Å². The van der Waals surface area contributed by atoms with Crippen LogP contribution in [0.1, 0.15) is 58.1 Å². The van der Waals surface area contributed by atoms with Gasteiger partial charge in [-0.2, -0.15) is 10.2 Å². The number of hydrogen-bond donors (Lipinski definition) is 1. The third kappa shape index (κ3) is 7.05. The van der Waals surface area contributed by atoms with Gasteiger partial charge in [0.15, 0.2) is 0 Å². The summed E-state index contributed by atoms with van der Waals surface area (Å²) in [6.07, 6.45) is 9.74. The van der Waals surface area contributed by atoms with Gasteiger partial charge in [-0.25, -0.2) is 0 Å². The first kappa shape index (κ1) is 14.1. The van der Waals surface area contributed by atoms with Crippen molar-refractivity contribution in [3.8, 4) is 0 Å². The van der Waals surface area contributed by atoms with E-state index < -0.39 is 0 Å². The first-order valence-corrected chi connectivity index (χ1v) is 6.83. The third-order valence-corrected chi connectivity index (χ3v) is 3.00. The summed E-state index contributed by atoms with van der Waals surface area (Å²) >= 11 is 0. The normalized spacial score (nSPS) is 12.6. The Morgan fingerprint density at radius 1 is 1.24 bits per heavy atom. The Bertz CT molecular complexity index is 274. The van der Waals surface area contributed by atoms with E-state index >= 15 is 0 Å². The molecule has 1 rings (SSSR count). The van der Waals surface area contributed by atoms with Crippen molar-refractivity contribution in [1.82, 2.24) is 15.5 Å². The van der Waals surface area contributed by atoms with Gasteiger partial charge in [0.25, 0.3) is 0 Å². The topological polar surface area (TPSA) is 37.8 Å². The molecule has 0 spiro atoms. The highest BCUT2D eigenvalue weighted by Gasteiger charge is 2.01. The fourth-order valence-corrected chi connectivity index (χ4v) is 1.86. The van der Waals surface area contributed by atoms with Crippen LogP contribution in [-0.4, -0.2) is 16.2 Å².